The highest BCUT2D eigenvalue weighted by Crippen LogP contribution is 2.35. The molecule has 0 spiro atoms. The Balaban J connectivity index is 1.30. The summed E-state index contributed by atoms with van der Waals surface area (Å²) in [6.45, 7) is 5.85. The SMILES string of the molecule is N#CC1=C(N2CCCCC2)C2=NC3=NC(=C(N4CCCCC4)C3=C=N)NC3=NC(=NC4=NC(=NC1=N2)C(N1CCCCC1)=C4C#N)C(N1CCCCC1)=C3C#N. The van der Waals surface area contributed by atoms with Gasteiger partial charge in [0.1, 0.15) is 63.3 Å². The fraction of sp³-hybridized carbons (Fsp3) is 0.500. The van der Waals surface area contributed by atoms with E-state index in [9.17, 15) is 15.8 Å². The Morgan fingerprint density at radius 1 is 0.411 bits per heavy atom. The predicted octanol–water partition coefficient (Wildman–Crippen LogP) is 4.05. The lowest BCUT2D eigenvalue weighted by molar-refractivity contribution is 0.289. The zero-order chi connectivity index (χ0) is 38.2. The molecule has 9 aliphatic heterocycles. The third-order valence-corrected chi connectivity index (χ3v) is 11.6. The summed E-state index contributed by atoms with van der Waals surface area (Å²) in [5.74, 6) is 4.65. The second-order valence-corrected chi connectivity index (χ2v) is 15.1. The summed E-state index contributed by atoms with van der Waals surface area (Å²) in [6, 6.07) is 7.21. The third kappa shape index (κ3) is 6.15. The minimum Gasteiger partial charge on any atom is -0.367 e. The Bertz CT molecular complexity index is 2290. The van der Waals surface area contributed by atoms with Crippen LogP contribution in [0.15, 0.2) is 85.8 Å². The standard InChI is InChI=1S/C40H42N16/c41-21-25-29(53-13-5-1-6-14-53)37-45-33(25)50-38-31(55-17-9-3-10-18-55)27(23-43)35(47-38)52-40-32(56-19-11-4-12-20-56)28(24-44)36(48-40)51-39-30(54-15-7-2-8-16-54)26(22-42)34(46-39)49-37/h41H,1-20H2,(H,45,46,47,48,49,50,51,52). The second kappa shape index (κ2) is 15.0. The van der Waals surface area contributed by atoms with E-state index in [2.05, 4.69) is 49.0 Å². The van der Waals surface area contributed by atoms with Gasteiger partial charge in [0.05, 0.1) is 0 Å². The van der Waals surface area contributed by atoms with Crippen molar-refractivity contribution in [1.82, 2.24) is 24.9 Å². The molecule has 16 nitrogen and oxygen atoms in total. The number of rotatable bonds is 4. The van der Waals surface area contributed by atoms with Gasteiger partial charge < -0.3 is 24.9 Å². The summed E-state index contributed by atoms with van der Waals surface area (Å²) in [4.78, 5) is 43.5. The van der Waals surface area contributed by atoms with Crippen LogP contribution in [0.2, 0.25) is 0 Å². The number of nitriles is 3. The zero-order valence-corrected chi connectivity index (χ0v) is 31.4. The lowest BCUT2D eigenvalue weighted by atomic mass is 10.1. The molecule has 2 N–H and O–H groups in total. The third-order valence-electron chi connectivity index (χ3n) is 11.6. The van der Waals surface area contributed by atoms with E-state index in [0.29, 0.717) is 39.8 Å². The highest BCUT2D eigenvalue weighted by molar-refractivity contribution is 6.33. The smallest absolute Gasteiger partial charge is 0.181 e. The van der Waals surface area contributed by atoms with Crippen LogP contribution in [0.4, 0.5) is 0 Å². The van der Waals surface area contributed by atoms with Crippen LogP contribution >= 0.6 is 0 Å². The summed E-state index contributed by atoms with van der Waals surface area (Å²) in [5, 5.41) is 44.3. The van der Waals surface area contributed by atoms with Crippen molar-refractivity contribution >= 4 is 46.7 Å². The number of nitrogens with zero attached hydrogens (tertiary/aromatic N) is 14. The van der Waals surface area contributed by atoms with Crippen molar-refractivity contribution in [3.05, 3.63) is 50.9 Å². The number of hydrogen-bond donors (Lipinski definition) is 2. The van der Waals surface area contributed by atoms with Gasteiger partial charge in [0.2, 0.25) is 0 Å². The van der Waals surface area contributed by atoms with Crippen LogP contribution in [0.1, 0.15) is 77.0 Å². The van der Waals surface area contributed by atoms with E-state index < -0.39 is 0 Å². The van der Waals surface area contributed by atoms with E-state index in [1.165, 1.54) is 0 Å². The molecule has 4 fully saturated rings. The van der Waals surface area contributed by atoms with Crippen LogP contribution in [-0.2, 0) is 0 Å². The van der Waals surface area contributed by atoms with E-state index in [4.69, 9.17) is 40.4 Å². The Morgan fingerprint density at radius 3 is 1.18 bits per heavy atom. The van der Waals surface area contributed by atoms with E-state index in [0.717, 1.165) is 129 Å². The largest absolute Gasteiger partial charge is 0.367 e. The molecule has 0 saturated carbocycles. The number of amidine groups is 7. The van der Waals surface area contributed by atoms with Crippen molar-refractivity contribution in [3.63, 3.8) is 0 Å². The Labute approximate surface area is 325 Å². The van der Waals surface area contributed by atoms with Crippen LogP contribution in [0.3, 0.4) is 0 Å². The maximum absolute atomic E-state index is 10.8. The van der Waals surface area contributed by atoms with Crippen LogP contribution in [0.5, 0.6) is 0 Å². The van der Waals surface area contributed by atoms with Crippen molar-refractivity contribution in [2.45, 2.75) is 77.0 Å². The van der Waals surface area contributed by atoms with Gasteiger partial charge in [-0.3, -0.25) is 5.41 Å². The van der Waals surface area contributed by atoms with Gasteiger partial charge in [0.25, 0.3) is 0 Å². The molecule has 56 heavy (non-hydrogen) atoms. The molecule has 0 aliphatic carbocycles. The van der Waals surface area contributed by atoms with Crippen molar-refractivity contribution in [1.29, 1.82) is 21.2 Å². The second-order valence-electron chi connectivity index (χ2n) is 15.1. The molecule has 0 amide bonds. The van der Waals surface area contributed by atoms with E-state index in [1.807, 2.05) is 0 Å². The molecule has 0 aromatic rings. The van der Waals surface area contributed by atoms with Gasteiger partial charge >= 0.3 is 0 Å². The van der Waals surface area contributed by atoms with Crippen LogP contribution in [-0.4, -0.2) is 119 Å². The molecule has 0 radical (unpaired) electrons. The van der Waals surface area contributed by atoms with Crippen molar-refractivity contribution in [3.8, 4) is 18.2 Å². The minimum atomic E-state index is 0.153. The average molecular weight is 747 g/mol. The first kappa shape index (κ1) is 35.3. The fourth-order valence-electron chi connectivity index (χ4n) is 8.90. The molecule has 9 rings (SSSR count). The lowest BCUT2D eigenvalue weighted by Crippen LogP contribution is -2.34. The summed E-state index contributed by atoms with van der Waals surface area (Å²) in [7, 11) is 0. The van der Waals surface area contributed by atoms with Crippen molar-refractivity contribution in [2.24, 2.45) is 34.9 Å². The van der Waals surface area contributed by atoms with E-state index in [1.54, 1.807) is 0 Å². The Morgan fingerprint density at radius 2 is 0.768 bits per heavy atom. The summed E-state index contributed by atoms with van der Waals surface area (Å²) >= 11 is 0. The summed E-state index contributed by atoms with van der Waals surface area (Å²) in [6.07, 6.45) is 12.0. The molecule has 0 atom stereocenters. The van der Waals surface area contributed by atoms with E-state index >= 15 is 0 Å². The minimum absolute atomic E-state index is 0.153. The monoisotopic (exact) mass is 746 g/mol. The number of likely N-dealkylation sites (tertiary alicyclic amines) is 4. The van der Waals surface area contributed by atoms with Crippen molar-refractivity contribution in [2.75, 3.05) is 52.4 Å². The predicted molar refractivity (Wildman–Crippen MR) is 213 cm³/mol. The first-order chi connectivity index (χ1) is 27.6. The highest BCUT2D eigenvalue weighted by atomic mass is 15.3. The molecule has 282 valence electrons. The molecule has 16 heteroatoms. The van der Waals surface area contributed by atoms with Gasteiger partial charge in [-0.1, -0.05) is 0 Å². The van der Waals surface area contributed by atoms with Gasteiger partial charge in [0.15, 0.2) is 46.7 Å². The molecule has 9 aliphatic rings. The lowest BCUT2D eigenvalue weighted by Gasteiger charge is -2.30. The van der Waals surface area contributed by atoms with Gasteiger partial charge in [0, 0.05) is 52.4 Å². The van der Waals surface area contributed by atoms with Gasteiger partial charge in [-0.05, 0) is 82.9 Å². The maximum Gasteiger partial charge on any atom is 0.181 e. The van der Waals surface area contributed by atoms with Gasteiger partial charge in [-0.2, -0.15) is 15.8 Å². The fourth-order valence-corrected chi connectivity index (χ4v) is 8.90. The van der Waals surface area contributed by atoms with Crippen LogP contribution in [0.25, 0.3) is 0 Å². The first-order valence-electron chi connectivity index (χ1n) is 20.0. The Kier molecular flexibility index (Phi) is 9.46. The van der Waals surface area contributed by atoms with Gasteiger partial charge in [-0.15, -0.1) is 0 Å². The number of aliphatic imine (C=N–C) groups is 7. The number of fused-ring (bicyclic) bond motifs is 4. The summed E-state index contributed by atoms with van der Waals surface area (Å²) in [5.41, 5.74) is 3.61. The molecule has 0 unspecified atom stereocenters. The number of nitrogens with one attached hydrogen (secondary N) is 2. The van der Waals surface area contributed by atoms with Crippen LogP contribution < -0.4 is 5.32 Å². The molecule has 9 heterocycles. The molecule has 0 aromatic carbocycles. The molecule has 8 bridgehead atoms. The van der Waals surface area contributed by atoms with E-state index in [-0.39, 0.29) is 52.0 Å². The first-order valence-corrected chi connectivity index (χ1v) is 20.0. The topological polar surface area (TPSA) is 207 Å². The zero-order valence-electron chi connectivity index (χ0n) is 31.4. The quantitative estimate of drug-likeness (QED) is 0.400. The van der Waals surface area contributed by atoms with Gasteiger partial charge in [-0.25, -0.2) is 34.9 Å². The maximum atomic E-state index is 10.8. The van der Waals surface area contributed by atoms with Crippen LogP contribution in [0, 0.1) is 39.4 Å². The highest BCUT2D eigenvalue weighted by Gasteiger charge is 2.39. The molecule has 4 saturated heterocycles. The summed E-state index contributed by atoms with van der Waals surface area (Å²) < 4.78 is 0. The molecular weight excluding hydrogens is 705 g/mol. The normalized spacial score (nSPS) is 24.1. The Hall–Kier alpha value is -6.43. The number of piperidine rings is 4. The number of hydrogen-bond acceptors (Lipinski definition) is 16. The molecular formula is C40H42N16. The average Bonchev–Trinajstić information content (AvgIpc) is 3.98. The molecule has 0 aromatic heterocycles. The van der Waals surface area contributed by atoms with Crippen molar-refractivity contribution < 1.29 is 0 Å².